The van der Waals surface area contributed by atoms with Crippen LogP contribution in [0.3, 0.4) is 0 Å². The van der Waals surface area contributed by atoms with Gasteiger partial charge in [0.25, 0.3) is 5.91 Å². The van der Waals surface area contributed by atoms with Crippen LogP contribution in [-0.4, -0.2) is 56.0 Å². The maximum atomic E-state index is 13.1. The van der Waals surface area contributed by atoms with Crippen LogP contribution < -0.4 is 20.6 Å². The molecular formula is C30H34N4O6. The molecule has 0 aliphatic carbocycles. The Kier molecular flexibility index (Phi) is 8.61. The second-order valence-corrected chi connectivity index (χ2v) is 10.1. The van der Waals surface area contributed by atoms with E-state index in [1.165, 1.54) is 7.11 Å². The number of nitrogens with zero attached hydrogens (tertiary/aromatic N) is 2. The monoisotopic (exact) mass is 546 g/mol. The van der Waals surface area contributed by atoms with E-state index in [4.69, 9.17) is 9.47 Å². The van der Waals surface area contributed by atoms with E-state index >= 15 is 0 Å². The first kappa shape index (κ1) is 27.6. The van der Waals surface area contributed by atoms with Gasteiger partial charge in [-0.15, -0.1) is 0 Å². The van der Waals surface area contributed by atoms with Gasteiger partial charge in [-0.25, -0.2) is 4.79 Å². The van der Waals surface area contributed by atoms with Crippen molar-refractivity contribution >= 4 is 29.1 Å². The fourth-order valence-corrected chi connectivity index (χ4v) is 5.49. The number of nitrogens with two attached hydrogens (primary N) is 1. The second kappa shape index (κ2) is 12.5. The second-order valence-electron chi connectivity index (χ2n) is 10.1. The molecule has 0 aromatic heterocycles. The highest BCUT2D eigenvalue weighted by atomic mass is 16.6. The Bertz CT molecular complexity index is 1330. The number of fused-ring (bicyclic) bond motifs is 1. The van der Waals surface area contributed by atoms with Gasteiger partial charge in [-0.05, 0) is 36.6 Å². The summed E-state index contributed by atoms with van der Waals surface area (Å²) in [5.74, 6) is -0.410. The molecular weight excluding hydrogens is 512 g/mol. The number of cyclic esters (lactones) is 1. The number of carbonyl (C=O) groups is 2. The van der Waals surface area contributed by atoms with Gasteiger partial charge in [0.1, 0.15) is 12.7 Å². The topological polar surface area (TPSA) is 131 Å². The van der Waals surface area contributed by atoms with E-state index < -0.39 is 18.1 Å². The number of hydrogen-bond acceptors (Lipinski definition) is 7. The minimum Gasteiger partial charge on any atom is -0.630 e. The third kappa shape index (κ3) is 5.80. The van der Waals surface area contributed by atoms with Gasteiger partial charge in [0.15, 0.2) is 5.69 Å². The number of benzene rings is 3. The zero-order valence-electron chi connectivity index (χ0n) is 22.4. The molecule has 10 nitrogen and oxygen atoms in total. The number of nitrogens with one attached hydrogen (secondary N) is 1. The van der Waals surface area contributed by atoms with E-state index in [1.807, 2.05) is 42.5 Å². The Labute approximate surface area is 233 Å². The minimum atomic E-state index is -0.958. The average Bonchev–Trinajstić information content (AvgIpc) is 3.00. The van der Waals surface area contributed by atoms with Crippen molar-refractivity contribution in [3.63, 3.8) is 0 Å². The van der Waals surface area contributed by atoms with E-state index in [9.17, 15) is 19.9 Å². The zero-order chi connectivity index (χ0) is 28.1. The molecule has 10 heteroatoms. The molecule has 1 saturated heterocycles. The van der Waals surface area contributed by atoms with Gasteiger partial charge in [0.2, 0.25) is 0 Å². The number of ether oxygens (including phenoxy) is 2. The highest BCUT2D eigenvalue weighted by molar-refractivity contribution is 5.96. The van der Waals surface area contributed by atoms with Crippen LogP contribution in [0.15, 0.2) is 72.8 Å². The summed E-state index contributed by atoms with van der Waals surface area (Å²) >= 11 is 0. The highest BCUT2D eigenvalue weighted by Gasteiger charge is 2.34. The van der Waals surface area contributed by atoms with Gasteiger partial charge < -0.3 is 35.5 Å². The van der Waals surface area contributed by atoms with E-state index in [0.29, 0.717) is 42.7 Å². The van der Waals surface area contributed by atoms with Crippen molar-refractivity contribution in [2.45, 2.75) is 37.6 Å². The summed E-state index contributed by atoms with van der Waals surface area (Å²) < 4.78 is 10.6. The van der Waals surface area contributed by atoms with E-state index in [0.717, 1.165) is 22.4 Å². The van der Waals surface area contributed by atoms with Gasteiger partial charge >= 0.3 is 6.09 Å². The molecule has 210 valence electrons. The van der Waals surface area contributed by atoms with Crippen LogP contribution in [0.4, 0.5) is 21.9 Å². The van der Waals surface area contributed by atoms with E-state index in [1.54, 1.807) is 35.2 Å². The SMILES string of the molecule is COCC(NC(=O)c1ccc(N2CCC(N3C(=O)OCc4ccccc43)CC2)c([NH2+][O-])c1)C(O)c1ccccc1. The normalized spacial score (nSPS) is 17.1. The molecule has 2 amide bonds. The van der Waals surface area contributed by atoms with Crippen molar-refractivity contribution in [3.8, 4) is 0 Å². The molecule has 2 atom stereocenters. The standard InChI is InChI=1S/C30H34N4O6/c1-39-19-25(28(35)20-7-3-2-4-8-20)31-29(36)21-11-12-27(24(17-21)32-38)33-15-13-23(14-16-33)34-26-10-6-5-9-22(26)18-40-30(34)37/h2-12,17,23,25,28,35H,13-16,18-19,32H2,1H3,(H,31,36). The van der Waals surface area contributed by atoms with Gasteiger partial charge in [-0.3, -0.25) is 9.69 Å². The first-order valence-corrected chi connectivity index (χ1v) is 13.4. The molecule has 3 aromatic rings. The summed E-state index contributed by atoms with van der Waals surface area (Å²) in [5.41, 5.74) is 4.76. The Morgan fingerprint density at radius 3 is 2.55 bits per heavy atom. The van der Waals surface area contributed by atoms with Crippen molar-refractivity contribution in [1.29, 1.82) is 0 Å². The lowest BCUT2D eigenvalue weighted by atomic mass is 9.99. The number of quaternary nitrogens is 1. The fraction of sp³-hybridized carbons (Fsp3) is 0.333. The van der Waals surface area contributed by atoms with E-state index in [2.05, 4.69) is 10.2 Å². The molecule has 40 heavy (non-hydrogen) atoms. The summed E-state index contributed by atoms with van der Waals surface area (Å²) in [6.45, 7) is 1.68. The molecule has 0 bridgehead atoms. The lowest BCUT2D eigenvalue weighted by Gasteiger charge is -2.41. The van der Waals surface area contributed by atoms with Crippen LogP contribution in [0.25, 0.3) is 0 Å². The predicted molar refractivity (Wildman–Crippen MR) is 150 cm³/mol. The number of piperidine rings is 1. The van der Waals surface area contributed by atoms with Gasteiger partial charge in [-0.2, -0.15) is 0 Å². The third-order valence-electron chi connectivity index (χ3n) is 7.57. The number of aliphatic hydroxyl groups is 1. The van der Waals surface area contributed by atoms with Gasteiger partial charge in [0.05, 0.1) is 24.0 Å². The van der Waals surface area contributed by atoms with Crippen LogP contribution in [0.1, 0.15) is 40.4 Å². The number of methoxy groups -OCH3 is 1. The summed E-state index contributed by atoms with van der Waals surface area (Å²) in [4.78, 5) is 29.6. The molecule has 5 rings (SSSR count). The number of anilines is 2. The van der Waals surface area contributed by atoms with Gasteiger partial charge in [-0.1, -0.05) is 48.5 Å². The zero-order valence-corrected chi connectivity index (χ0v) is 22.4. The third-order valence-corrected chi connectivity index (χ3v) is 7.57. The van der Waals surface area contributed by atoms with Gasteiger partial charge in [0, 0.05) is 43.4 Å². The van der Waals surface area contributed by atoms with Crippen LogP contribution in [0.5, 0.6) is 0 Å². The molecule has 2 heterocycles. The number of amides is 2. The fourth-order valence-electron chi connectivity index (χ4n) is 5.49. The van der Waals surface area contributed by atoms with Crippen molar-refractivity contribution in [1.82, 2.24) is 5.32 Å². The Hall–Kier alpha value is -3.96. The summed E-state index contributed by atoms with van der Waals surface area (Å²) in [7, 11) is 1.51. The highest BCUT2D eigenvalue weighted by Crippen LogP contribution is 2.34. The number of rotatable bonds is 9. The number of carbonyl (C=O) groups excluding carboxylic acids is 2. The number of hydrogen-bond donors (Lipinski definition) is 3. The molecule has 0 spiro atoms. The first-order chi connectivity index (χ1) is 19.5. The lowest BCUT2D eigenvalue weighted by Crippen LogP contribution is -2.70. The van der Waals surface area contributed by atoms with Crippen LogP contribution in [0.2, 0.25) is 0 Å². The summed E-state index contributed by atoms with van der Waals surface area (Å²) in [5, 5.41) is 25.7. The van der Waals surface area contributed by atoms with Crippen molar-refractivity contribution < 1.29 is 29.6 Å². The molecule has 3 aromatic carbocycles. The quantitative estimate of drug-likeness (QED) is 0.278. The number of para-hydroxylation sites is 1. The van der Waals surface area contributed by atoms with Crippen molar-refractivity contribution in [2.75, 3.05) is 36.6 Å². The Morgan fingerprint density at radius 1 is 1.10 bits per heavy atom. The van der Waals surface area contributed by atoms with E-state index in [-0.39, 0.29) is 25.3 Å². The molecule has 2 aliphatic rings. The maximum Gasteiger partial charge on any atom is 0.414 e. The maximum absolute atomic E-state index is 13.1. The molecule has 2 unspecified atom stereocenters. The molecule has 4 N–H and O–H groups in total. The smallest absolute Gasteiger partial charge is 0.414 e. The van der Waals surface area contributed by atoms with Crippen LogP contribution >= 0.6 is 0 Å². The Morgan fingerprint density at radius 2 is 1.82 bits per heavy atom. The molecule has 0 radical (unpaired) electrons. The minimum absolute atomic E-state index is 0.0105. The van der Waals surface area contributed by atoms with Crippen molar-refractivity contribution in [2.24, 2.45) is 0 Å². The largest absolute Gasteiger partial charge is 0.630 e. The average molecular weight is 547 g/mol. The van der Waals surface area contributed by atoms with Crippen LogP contribution in [0, 0.1) is 5.21 Å². The summed E-state index contributed by atoms with van der Waals surface area (Å²) in [6.07, 6.45) is 0.130. The lowest BCUT2D eigenvalue weighted by molar-refractivity contribution is -0.496. The molecule has 0 saturated carbocycles. The number of aliphatic hydroxyl groups excluding tert-OH is 1. The first-order valence-electron chi connectivity index (χ1n) is 13.4. The predicted octanol–water partition coefficient (Wildman–Crippen LogP) is 2.98. The van der Waals surface area contributed by atoms with Crippen molar-refractivity contribution in [3.05, 3.63) is 94.7 Å². The van der Waals surface area contributed by atoms with Crippen LogP contribution in [-0.2, 0) is 16.1 Å². The molecule has 2 aliphatic heterocycles. The molecule has 1 fully saturated rings. The Balaban J connectivity index is 1.26. The summed E-state index contributed by atoms with van der Waals surface area (Å²) in [6, 6.07) is 21.2.